The number of carbonyl (C=O) groups excluding carboxylic acids is 1. The molecule has 0 amide bonds. The van der Waals surface area contributed by atoms with E-state index in [4.69, 9.17) is 0 Å². The third-order valence-corrected chi connectivity index (χ3v) is 2.34. The van der Waals surface area contributed by atoms with Crippen molar-refractivity contribution in [3.05, 3.63) is 47.3 Å². The topological polar surface area (TPSA) is 34.9 Å². The molecule has 0 aliphatic carbocycles. The second-order valence-electron chi connectivity index (χ2n) is 3.57. The van der Waals surface area contributed by atoms with E-state index in [2.05, 4.69) is 5.10 Å². The summed E-state index contributed by atoms with van der Waals surface area (Å²) in [5.41, 5.74) is 3.69. The molecule has 0 aliphatic heterocycles. The number of carbonyl (C=O) groups is 1. The molecular formula is C12H12N2O. The van der Waals surface area contributed by atoms with Crippen LogP contribution in [0.3, 0.4) is 0 Å². The first-order valence-electron chi connectivity index (χ1n) is 4.79. The molecule has 2 rings (SSSR count). The number of aryl methyl sites for hydroxylation is 2. The summed E-state index contributed by atoms with van der Waals surface area (Å²) >= 11 is 0. The van der Waals surface area contributed by atoms with Crippen LogP contribution < -0.4 is 0 Å². The highest BCUT2D eigenvalue weighted by Gasteiger charge is 2.03. The second-order valence-corrected chi connectivity index (χ2v) is 3.57. The molecule has 0 bridgehead atoms. The van der Waals surface area contributed by atoms with E-state index in [9.17, 15) is 4.79 Å². The maximum absolute atomic E-state index is 10.7. The average Bonchev–Trinajstić information content (AvgIpc) is 2.65. The molecule has 0 radical (unpaired) electrons. The van der Waals surface area contributed by atoms with Gasteiger partial charge in [-0.2, -0.15) is 5.10 Å². The van der Waals surface area contributed by atoms with Crippen molar-refractivity contribution in [2.24, 2.45) is 0 Å². The van der Waals surface area contributed by atoms with Crippen molar-refractivity contribution in [2.45, 2.75) is 13.8 Å². The second kappa shape index (κ2) is 3.69. The first-order valence-corrected chi connectivity index (χ1v) is 4.79. The van der Waals surface area contributed by atoms with Gasteiger partial charge >= 0.3 is 0 Å². The normalized spacial score (nSPS) is 10.3. The van der Waals surface area contributed by atoms with Gasteiger partial charge in [0.2, 0.25) is 0 Å². The zero-order valence-electron chi connectivity index (χ0n) is 8.77. The Labute approximate surface area is 88.4 Å². The summed E-state index contributed by atoms with van der Waals surface area (Å²) in [5.74, 6) is 0. The molecule has 0 aliphatic rings. The summed E-state index contributed by atoms with van der Waals surface area (Å²) in [7, 11) is 0. The summed E-state index contributed by atoms with van der Waals surface area (Å²) in [6, 6.07) is 7.51. The quantitative estimate of drug-likeness (QED) is 0.697. The van der Waals surface area contributed by atoms with Gasteiger partial charge in [-0.15, -0.1) is 0 Å². The predicted octanol–water partition coefficient (Wildman–Crippen LogP) is 2.30. The Kier molecular flexibility index (Phi) is 2.37. The number of rotatable bonds is 2. The monoisotopic (exact) mass is 200 g/mol. The van der Waals surface area contributed by atoms with E-state index in [1.165, 1.54) is 0 Å². The Morgan fingerprint density at radius 3 is 2.67 bits per heavy atom. The van der Waals surface area contributed by atoms with Crippen molar-refractivity contribution in [2.75, 3.05) is 0 Å². The maximum Gasteiger partial charge on any atom is 0.150 e. The standard InChI is InChI=1S/C12H12N2O/c1-9-3-4-11(8-15)7-12(9)14-6-5-10(2)13-14/h3-8H,1-2H3. The molecule has 1 aromatic heterocycles. The van der Waals surface area contributed by atoms with Crippen molar-refractivity contribution < 1.29 is 4.79 Å². The lowest BCUT2D eigenvalue weighted by molar-refractivity contribution is 0.112. The molecule has 0 spiro atoms. The molecule has 0 atom stereocenters. The van der Waals surface area contributed by atoms with E-state index in [1.807, 2.05) is 44.3 Å². The predicted molar refractivity (Wildman–Crippen MR) is 58.4 cm³/mol. The van der Waals surface area contributed by atoms with Crippen molar-refractivity contribution in [3.63, 3.8) is 0 Å². The van der Waals surface area contributed by atoms with Gasteiger partial charge in [0.1, 0.15) is 6.29 Å². The molecule has 0 fully saturated rings. The molecule has 0 saturated heterocycles. The first-order chi connectivity index (χ1) is 7.20. The Morgan fingerprint density at radius 2 is 2.07 bits per heavy atom. The van der Waals surface area contributed by atoms with Gasteiger partial charge in [0.15, 0.2) is 0 Å². The Hall–Kier alpha value is -1.90. The molecule has 0 saturated carbocycles. The number of aromatic nitrogens is 2. The Morgan fingerprint density at radius 1 is 1.27 bits per heavy atom. The SMILES string of the molecule is Cc1ccn(-c2cc(C=O)ccc2C)n1. The van der Waals surface area contributed by atoms with E-state index in [1.54, 1.807) is 4.68 Å². The number of benzene rings is 1. The number of hydrogen-bond donors (Lipinski definition) is 0. The van der Waals surface area contributed by atoms with Gasteiger partial charge in [-0.3, -0.25) is 4.79 Å². The lowest BCUT2D eigenvalue weighted by atomic mass is 10.1. The minimum Gasteiger partial charge on any atom is -0.298 e. The fourth-order valence-corrected chi connectivity index (χ4v) is 1.50. The molecule has 3 nitrogen and oxygen atoms in total. The van der Waals surface area contributed by atoms with E-state index in [0.717, 1.165) is 23.2 Å². The largest absolute Gasteiger partial charge is 0.298 e. The van der Waals surface area contributed by atoms with Gasteiger partial charge in [-0.1, -0.05) is 12.1 Å². The lowest BCUT2D eigenvalue weighted by Crippen LogP contribution is -1.99. The molecule has 76 valence electrons. The molecule has 1 heterocycles. The van der Waals surface area contributed by atoms with Gasteiger partial charge in [-0.25, -0.2) is 4.68 Å². The lowest BCUT2D eigenvalue weighted by Gasteiger charge is -2.06. The van der Waals surface area contributed by atoms with Crippen LogP contribution in [0.4, 0.5) is 0 Å². The van der Waals surface area contributed by atoms with Crippen LogP contribution in [0.5, 0.6) is 0 Å². The maximum atomic E-state index is 10.7. The zero-order chi connectivity index (χ0) is 10.8. The number of aldehydes is 1. The summed E-state index contributed by atoms with van der Waals surface area (Å²) in [6.07, 6.45) is 2.74. The van der Waals surface area contributed by atoms with Gasteiger partial charge in [0, 0.05) is 11.8 Å². The minimum absolute atomic E-state index is 0.670. The van der Waals surface area contributed by atoms with E-state index in [0.29, 0.717) is 5.56 Å². The summed E-state index contributed by atoms with van der Waals surface area (Å²) < 4.78 is 1.79. The fourth-order valence-electron chi connectivity index (χ4n) is 1.50. The van der Waals surface area contributed by atoms with Crippen molar-refractivity contribution in [3.8, 4) is 5.69 Å². The highest BCUT2D eigenvalue weighted by Crippen LogP contribution is 2.14. The van der Waals surface area contributed by atoms with Gasteiger partial charge in [0.25, 0.3) is 0 Å². The fraction of sp³-hybridized carbons (Fsp3) is 0.167. The Balaban J connectivity index is 2.55. The third kappa shape index (κ3) is 1.81. The van der Waals surface area contributed by atoms with Crippen LogP contribution in [0.2, 0.25) is 0 Å². The third-order valence-electron chi connectivity index (χ3n) is 2.34. The smallest absolute Gasteiger partial charge is 0.150 e. The molecule has 2 aromatic rings. The van der Waals surface area contributed by atoms with Crippen LogP contribution in [0.1, 0.15) is 21.6 Å². The van der Waals surface area contributed by atoms with Crippen molar-refractivity contribution in [1.82, 2.24) is 9.78 Å². The molecule has 0 N–H and O–H groups in total. The molecule has 0 unspecified atom stereocenters. The Bertz CT molecular complexity index is 500. The number of nitrogens with zero attached hydrogens (tertiary/aromatic N) is 2. The van der Waals surface area contributed by atoms with Crippen LogP contribution >= 0.6 is 0 Å². The van der Waals surface area contributed by atoms with Crippen LogP contribution in [-0.4, -0.2) is 16.1 Å². The summed E-state index contributed by atoms with van der Waals surface area (Å²) in [4.78, 5) is 10.7. The van der Waals surface area contributed by atoms with Crippen LogP contribution in [0.15, 0.2) is 30.5 Å². The van der Waals surface area contributed by atoms with Gasteiger partial charge in [0.05, 0.1) is 11.4 Å². The minimum atomic E-state index is 0.670. The van der Waals surface area contributed by atoms with Crippen molar-refractivity contribution in [1.29, 1.82) is 0 Å². The van der Waals surface area contributed by atoms with E-state index < -0.39 is 0 Å². The van der Waals surface area contributed by atoms with Crippen molar-refractivity contribution >= 4 is 6.29 Å². The number of hydrogen-bond acceptors (Lipinski definition) is 2. The zero-order valence-corrected chi connectivity index (χ0v) is 8.77. The molecular weight excluding hydrogens is 188 g/mol. The van der Waals surface area contributed by atoms with Crippen LogP contribution in [-0.2, 0) is 0 Å². The summed E-state index contributed by atoms with van der Waals surface area (Å²) in [5, 5.41) is 4.32. The molecule has 1 aromatic carbocycles. The highest BCUT2D eigenvalue weighted by molar-refractivity contribution is 5.76. The first kappa shape index (κ1) is 9.65. The van der Waals surface area contributed by atoms with Crippen LogP contribution in [0, 0.1) is 13.8 Å². The van der Waals surface area contributed by atoms with Gasteiger partial charge in [-0.05, 0) is 31.5 Å². The molecule has 3 heteroatoms. The van der Waals surface area contributed by atoms with Gasteiger partial charge < -0.3 is 0 Å². The highest BCUT2D eigenvalue weighted by atomic mass is 16.1. The average molecular weight is 200 g/mol. The summed E-state index contributed by atoms with van der Waals surface area (Å²) in [6.45, 7) is 3.94. The van der Waals surface area contributed by atoms with Crippen LogP contribution in [0.25, 0.3) is 5.69 Å². The van der Waals surface area contributed by atoms with E-state index >= 15 is 0 Å². The van der Waals surface area contributed by atoms with E-state index in [-0.39, 0.29) is 0 Å². The molecule has 15 heavy (non-hydrogen) atoms.